The van der Waals surface area contributed by atoms with Crippen molar-refractivity contribution in [3.63, 3.8) is 0 Å². The minimum Gasteiger partial charge on any atom is -0.485 e. The normalized spacial score (nSPS) is 16.6. The van der Waals surface area contributed by atoms with E-state index in [1.807, 2.05) is 36.4 Å². The third-order valence-electron chi connectivity index (χ3n) is 4.93. The van der Waals surface area contributed by atoms with Gasteiger partial charge in [0.2, 0.25) is 9.84 Å². The van der Waals surface area contributed by atoms with Crippen LogP contribution in [-0.2, 0) is 16.4 Å². The van der Waals surface area contributed by atoms with Crippen molar-refractivity contribution >= 4 is 31.5 Å². The summed E-state index contributed by atoms with van der Waals surface area (Å²) in [6.07, 6.45) is -0.226. The molecule has 6 nitrogen and oxygen atoms in total. The molecule has 2 heterocycles. The Kier molecular flexibility index (Phi) is 3.50. The summed E-state index contributed by atoms with van der Waals surface area (Å²) in [5.41, 5.74) is 6.45. The largest absolute Gasteiger partial charge is 0.485 e. The second-order valence-electron chi connectivity index (χ2n) is 6.60. The summed E-state index contributed by atoms with van der Waals surface area (Å²) in [6.45, 7) is 0.760. The van der Waals surface area contributed by atoms with Crippen LogP contribution in [0.15, 0.2) is 70.6 Å². The number of sulfone groups is 1. The van der Waals surface area contributed by atoms with Gasteiger partial charge in [-0.1, -0.05) is 42.5 Å². The standard InChI is InChI=1S/C20H17N3O3S/c21-11-14-12-23-19-16(8-4-9-17(19)26-14)20(22-23)27(24,25)18-10-3-6-13-5-1-2-7-15(13)18/h1-10,14H,11-12,21H2. The van der Waals surface area contributed by atoms with E-state index in [4.69, 9.17) is 10.5 Å². The van der Waals surface area contributed by atoms with Crippen molar-refractivity contribution in [1.29, 1.82) is 0 Å². The van der Waals surface area contributed by atoms with Gasteiger partial charge in [0.15, 0.2) is 5.03 Å². The zero-order valence-corrected chi connectivity index (χ0v) is 15.2. The van der Waals surface area contributed by atoms with Crippen molar-refractivity contribution in [3.8, 4) is 5.75 Å². The van der Waals surface area contributed by atoms with Crippen LogP contribution in [0.3, 0.4) is 0 Å². The first kappa shape index (κ1) is 16.3. The van der Waals surface area contributed by atoms with Crippen molar-refractivity contribution in [2.75, 3.05) is 6.54 Å². The first-order valence-corrected chi connectivity index (χ1v) is 10.2. The van der Waals surface area contributed by atoms with Crippen LogP contribution in [0.4, 0.5) is 0 Å². The number of nitrogens with two attached hydrogens (primary N) is 1. The van der Waals surface area contributed by atoms with Gasteiger partial charge in [-0.05, 0) is 23.6 Å². The fourth-order valence-corrected chi connectivity index (χ4v) is 5.27. The molecule has 1 unspecified atom stereocenters. The van der Waals surface area contributed by atoms with Gasteiger partial charge in [-0.15, -0.1) is 0 Å². The van der Waals surface area contributed by atoms with Gasteiger partial charge in [-0.25, -0.2) is 8.42 Å². The third kappa shape index (κ3) is 2.35. The first-order valence-electron chi connectivity index (χ1n) is 8.68. The molecule has 0 saturated carbocycles. The fraction of sp³-hybridized carbons (Fsp3) is 0.150. The van der Waals surface area contributed by atoms with Crippen LogP contribution in [-0.4, -0.2) is 30.8 Å². The summed E-state index contributed by atoms with van der Waals surface area (Å²) in [7, 11) is -3.81. The molecule has 3 aromatic carbocycles. The maximum Gasteiger partial charge on any atom is 0.226 e. The van der Waals surface area contributed by atoms with Gasteiger partial charge < -0.3 is 10.5 Å². The zero-order valence-electron chi connectivity index (χ0n) is 14.4. The summed E-state index contributed by atoms with van der Waals surface area (Å²) < 4.78 is 34.6. The SMILES string of the molecule is NCC1Cn2nc(S(=O)(=O)c3cccc4ccccc34)c3cccc(c32)O1. The molecule has 1 atom stereocenters. The molecule has 1 aromatic heterocycles. The lowest BCUT2D eigenvalue weighted by Crippen LogP contribution is -2.34. The number of hydrogen-bond donors (Lipinski definition) is 1. The molecule has 0 bridgehead atoms. The molecule has 1 aliphatic rings. The van der Waals surface area contributed by atoms with Crippen LogP contribution in [0, 0.1) is 0 Å². The third-order valence-corrected chi connectivity index (χ3v) is 6.67. The monoisotopic (exact) mass is 379 g/mol. The predicted octanol–water partition coefficient (Wildman–Crippen LogP) is 2.74. The Morgan fingerprint density at radius 2 is 1.78 bits per heavy atom. The molecule has 5 rings (SSSR count). The van der Waals surface area contributed by atoms with Gasteiger partial charge in [0, 0.05) is 17.3 Å². The lowest BCUT2D eigenvalue weighted by atomic mass is 10.1. The number of rotatable bonds is 3. The summed E-state index contributed by atoms with van der Waals surface area (Å²) in [5, 5.41) is 6.64. The number of aromatic nitrogens is 2. The number of para-hydroxylation sites is 1. The highest BCUT2D eigenvalue weighted by atomic mass is 32.2. The summed E-state index contributed by atoms with van der Waals surface area (Å²) in [5.74, 6) is 0.612. The Labute approximate surface area is 156 Å². The number of fused-ring (bicyclic) bond motifs is 1. The number of benzene rings is 3. The Morgan fingerprint density at radius 1 is 1.04 bits per heavy atom. The zero-order chi connectivity index (χ0) is 18.6. The number of hydrogen-bond acceptors (Lipinski definition) is 5. The lowest BCUT2D eigenvalue weighted by Gasteiger charge is -2.23. The minimum absolute atomic E-state index is 0.0528. The van der Waals surface area contributed by atoms with Crippen molar-refractivity contribution in [1.82, 2.24) is 9.78 Å². The fourth-order valence-electron chi connectivity index (χ4n) is 3.67. The van der Waals surface area contributed by atoms with Gasteiger partial charge in [-0.2, -0.15) is 5.10 Å². The maximum absolute atomic E-state index is 13.5. The van der Waals surface area contributed by atoms with Gasteiger partial charge >= 0.3 is 0 Å². The van der Waals surface area contributed by atoms with Crippen LogP contribution in [0.25, 0.3) is 21.7 Å². The number of nitrogens with zero attached hydrogens (tertiary/aromatic N) is 2. The molecule has 0 fully saturated rings. The molecule has 27 heavy (non-hydrogen) atoms. The lowest BCUT2D eigenvalue weighted by molar-refractivity contribution is 0.172. The number of ether oxygens (including phenoxy) is 1. The van der Waals surface area contributed by atoms with Gasteiger partial charge in [0.1, 0.15) is 17.4 Å². The van der Waals surface area contributed by atoms with Crippen LogP contribution >= 0.6 is 0 Å². The molecular weight excluding hydrogens is 362 g/mol. The Balaban J connectivity index is 1.78. The molecular formula is C20H17N3O3S. The Hall–Kier alpha value is -2.90. The molecule has 0 radical (unpaired) electrons. The maximum atomic E-state index is 13.5. The average molecular weight is 379 g/mol. The van der Waals surface area contributed by atoms with E-state index in [1.165, 1.54) is 0 Å². The smallest absolute Gasteiger partial charge is 0.226 e. The van der Waals surface area contributed by atoms with Crippen molar-refractivity contribution < 1.29 is 13.2 Å². The predicted molar refractivity (Wildman–Crippen MR) is 103 cm³/mol. The molecule has 2 N–H and O–H groups in total. The second kappa shape index (κ2) is 5.80. The topological polar surface area (TPSA) is 87.2 Å². The van der Waals surface area contributed by atoms with E-state index in [9.17, 15) is 8.42 Å². The van der Waals surface area contributed by atoms with Gasteiger partial charge in [0.05, 0.1) is 11.4 Å². The molecule has 7 heteroatoms. The summed E-state index contributed by atoms with van der Waals surface area (Å²) in [4.78, 5) is 0.257. The summed E-state index contributed by atoms with van der Waals surface area (Å²) >= 11 is 0. The van der Waals surface area contributed by atoms with E-state index < -0.39 is 9.84 Å². The van der Waals surface area contributed by atoms with Crippen LogP contribution in [0.5, 0.6) is 5.75 Å². The Bertz CT molecular complexity index is 1290. The first-order chi connectivity index (χ1) is 13.1. The van der Waals surface area contributed by atoms with Gasteiger partial charge in [-0.3, -0.25) is 4.68 Å². The minimum atomic E-state index is -3.81. The molecule has 0 saturated heterocycles. The molecule has 1 aliphatic heterocycles. The second-order valence-corrected chi connectivity index (χ2v) is 8.43. The highest BCUT2D eigenvalue weighted by Crippen LogP contribution is 2.37. The summed E-state index contributed by atoms with van der Waals surface area (Å²) in [6, 6.07) is 18.1. The highest BCUT2D eigenvalue weighted by Gasteiger charge is 2.31. The Morgan fingerprint density at radius 3 is 2.63 bits per heavy atom. The molecule has 0 aliphatic carbocycles. The van der Waals surface area contributed by atoms with Crippen molar-refractivity contribution in [2.45, 2.75) is 22.6 Å². The van der Waals surface area contributed by atoms with Crippen molar-refractivity contribution in [2.24, 2.45) is 5.73 Å². The molecule has 0 amide bonds. The van der Waals surface area contributed by atoms with E-state index >= 15 is 0 Å². The van der Waals surface area contributed by atoms with Crippen molar-refractivity contribution in [3.05, 3.63) is 60.7 Å². The molecule has 0 spiro atoms. The highest BCUT2D eigenvalue weighted by molar-refractivity contribution is 7.91. The molecule has 4 aromatic rings. The van der Waals surface area contributed by atoms with E-state index in [0.29, 0.717) is 35.1 Å². The van der Waals surface area contributed by atoms with Crippen LogP contribution in [0.1, 0.15) is 0 Å². The van der Waals surface area contributed by atoms with E-state index in [1.54, 1.807) is 28.9 Å². The van der Waals surface area contributed by atoms with E-state index in [2.05, 4.69) is 5.10 Å². The van der Waals surface area contributed by atoms with Crippen LogP contribution in [0.2, 0.25) is 0 Å². The van der Waals surface area contributed by atoms with E-state index in [0.717, 1.165) is 5.39 Å². The molecule has 136 valence electrons. The van der Waals surface area contributed by atoms with Gasteiger partial charge in [0.25, 0.3) is 0 Å². The van der Waals surface area contributed by atoms with E-state index in [-0.39, 0.29) is 16.0 Å². The average Bonchev–Trinajstić information content (AvgIpc) is 3.08. The quantitative estimate of drug-likeness (QED) is 0.591. The van der Waals surface area contributed by atoms with Crippen LogP contribution < -0.4 is 10.5 Å².